The van der Waals surface area contributed by atoms with Gasteiger partial charge >= 0.3 is 6.18 Å². The number of hydrogen-bond acceptors (Lipinski definition) is 2. The Morgan fingerprint density at radius 3 is 2.73 bits per heavy atom. The van der Waals surface area contributed by atoms with Gasteiger partial charge in [0, 0.05) is 12.6 Å². The van der Waals surface area contributed by atoms with Gasteiger partial charge in [0.2, 0.25) is 6.41 Å². The predicted octanol–water partition coefficient (Wildman–Crippen LogP) is 1.15. The summed E-state index contributed by atoms with van der Waals surface area (Å²) in [6.45, 7) is -0.109. The number of carbonyl (C=O) groups excluding carboxylic acids is 1. The minimum Gasteiger partial charge on any atom is -0.357 e. The third-order valence-electron chi connectivity index (χ3n) is 2.57. The standard InChI is InChI=1S/C9H15F3N2O/c10-9(11,12)6-14-4-2-1-3-8(14)5-13-7-15/h7-8H,1-6H2,(H,13,15). The molecule has 1 unspecified atom stereocenters. The molecule has 1 rings (SSSR count). The Morgan fingerprint density at radius 2 is 2.13 bits per heavy atom. The van der Waals surface area contributed by atoms with Crippen LogP contribution in [0, 0.1) is 0 Å². The molecule has 15 heavy (non-hydrogen) atoms. The van der Waals surface area contributed by atoms with Crippen LogP contribution in [0.5, 0.6) is 0 Å². The highest BCUT2D eigenvalue weighted by Gasteiger charge is 2.34. The van der Waals surface area contributed by atoms with Crippen LogP contribution in [0.3, 0.4) is 0 Å². The molecule has 1 saturated heterocycles. The smallest absolute Gasteiger partial charge is 0.357 e. The average Bonchev–Trinajstić information content (AvgIpc) is 2.14. The average molecular weight is 224 g/mol. The van der Waals surface area contributed by atoms with Crippen LogP contribution in [0.4, 0.5) is 13.2 Å². The van der Waals surface area contributed by atoms with Crippen LogP contribution in [-0.4, -0.2) is 43.2 Å². The van der Waals surface area contributed by atoms with Gasteiger partial charge < -0.3 is 5.32 Å². The van der Waals surface area contributed by atoms with E-state index < -0.39 is 12.7 Å². The molecule has 0 radical (unpaired) electrons. The summed E-state index contributed by atoms with van der Waals surface area (Å²) in [7, 11) is 0. The molecule has 1 atom stereocenters. The Kier molecular flexibility index (Phi) is 4.38. The van der Waals surface area contributed by atoms with E-state index in [9.17, 15) is 18.0 Å². The maximum Gasteiger partial charge on any atom is 0.401 e. The summed E-state index contributed by atoms with van der Waals surface area (Å²) in [5, 5.41) is 2.44. The van der Waals surface area contributed by atoms with Crippen LogP contribution in [0.25, 0.3) is 0 Å². The number of likely N-dealkylation sites (tertiary alicyclic amines) is 1. The third-order valence-corrected chi connectivity index (χ3v) is 2.57. The van der Waals surface area contributed by atoms with Gasteiger partial charge in [-0.25, -0.2) is 0 Å². The minimum atomic E-state index is -4.16. The van der Waals surface area contributed by atoms with Crippen molar-refractivity contribution in [1.29, 1.82) is 0 Å². The van der Waals surface area contributed by atoms with Gasteiger partial charge in [0.15, 0.2) is 0 Å². The molecule has 0 aromatic rings. The monoisotopic (exact) mass is 224 g/mol. The summed E-state index contributed by atoms with van der Waals surface area (Å²) in [6.07, 6.45) is -1.18. The maximum absolute atomic E-state index is 12.2. The topological polar surface area (TPSA) is 32.3 Å². The molecular formula is C9H15F3N2O. The summed E-state index contributed by atoms with van der Waals surface area (Å²) in [5.74, 6) is 0. The normalized spacial score (nSPS) is 23.8. The second-order valence-corrected chi connectivity index (χ2v) is 3.76. The Bertz CT molecular complexity index is 208. The highest BCUT2D eigenvalue weighted by molar-refractivity contribution is 5.45. The summed E-state index contributed by atoms with van der Waals surface area (Å²) in [6, 6.07) is -0.175. The van der Waals surface area contributed by atoms with Crippen LogP contribution in [0.15, 0.2) is 0 Å². The van der Waals surface area contributed by atoms with Crippen molar-refractivity contribution in [2.45, 2.75) is 31.5 Å². The van der Waals surface area contributed by atoms with Crippen LogP contribution in [0.1, 0.15) is 19.3 Å². The van der Waals surface area contributed by atoms with Crippen LogP contribution < -0.4 is 5.32 Å². The van der Waals surface area contributed by atoms with E-state index >= 15 is 0 Å². The zero-order chi connectivity index (χ0) is 11.3. The Hall–Kier alpha value is -0.780. The van der Waals surface area contributed by atoms with Crippen molar-refractivity contribution in [2.24, 2.45) is 0 Å². The fourth-order valence-electron chi connectivity index (χ4n) is 1.91. The zero-order valence-electron chi connectivity index (χ0n) is 8.39. The van der Waals surface area contributed by atoms with Gasteiger partial charge in [-0.2, -0.15) is 13.2 Å². The SMILES string of the molecule is O=CNCC1CCCCN1CC(F)(F)F. The molecule has 0 aliphatic carbocycles. The number of nitrogens with one attached hydrogen (secondary N) is 1. The molecule has 1 heterocycles. The molecule has 6 heteroatoms. The molecule has 3 nitrogen and oxygen atoms in total. The van der Waals surface area contributed by atoms with E-state index in [1.165, 1.54) is 4.90 Å². The predicted molar refractivity (Wildman–Crippen MR) is 49.3 cm³/mol. The Balaban J connectivity index is 2.45. The lowest BCUT2D eigenvalue weighted by atomic mass is 10.0. The van der Waals surface area contributed by atoms with Gasteiger partial charge in [-0.15, -0.1) is 0 Å². The molecule has 0 bridgehead atoms. The molecule has 0 aromatic heterocycles. The van der Waals surface area contributed by atoms with Crippen molar-refractivity contribution < 1.29 is 18.0 Å². The van der Waals surface area contributed by atoms with Crippen LogP contribution in [0.2, 0.25) is 0 Å². The van der Waals surface area contributed by atoms with E-state index in [-0.39, 0.29) is 6.04 Å². The summed E-state index contributed by atoms with van der Waals surface area (Å²) in [4.78, 5) is 11.5. The van der Waals surface area contributed by atoms with Crippen LogP contribution >= 0.6 is 0 Å². The molecule has 1 N–H and O–H groups in total. The number of alkyl halides is 3. The van der Waals surface area contributed by atoms with Gasteiger partial charge in [0.1, 0.15) is 0 Å². The molecule has 0 aromatic carbocycles. The minimum absolute atomic E-state index is 0.175. The highest BCUT2D eigenvalue weighted by atomic mass is 19.4. The first kappa shape index (κ1) is 12.3. The fourth-order valence-corrected chi connectivity index (χ4v) is 1.91. The van der Waals surface area contributed by atoms with Crippen molar-refractivity contribution >= 4 is 6.41 Å². The number of hydrogen-bond donors (Lipinski definition) is 1. The largest absolute Gasteiger partial charge is 0.401 e. The molecular weight excluding hydrogens is 209 g/mol. The number of carbonyl (C=O) groups is 1. The van der Waals surface area contributed by atoms with Gasteiger partial charge in [-0.3, -0.25) is 9.69 Å². The van der Waals surface area contributed by atoms with Crippen molar-refractivity contribution in [1.82, 2.24) is 10.2 Å². The van der Waals surface area contributed by atoms with Gasteiger partial charge in [0.05, 0.1) is 6.54 Å². The first-order chi connectivity index (χ1) is 7.03. The number of amides is 1. The summed E-state index contributed by atoms with van der Waals surface area (Å²) < 4.78 is 36.6. The van der Waals surface area contributed by atoms with Crippen molar-refractivity contribution in [3.63, 3.8) is 0 Å². The van der Waals surface area contributed by atoms with Gasteiger partial charge in [-0.05, 0) is 19.4 Å². The van der Waals surface area contributed by atoms with Crippen molar-refractivity contribution in [3.8, 4) is 0 Å². The lowest BCUT2D eigenvalue weighted by Crippen LogP contribution is -2.48. The quantitative estimate of drug-likeness (QED) is 0.726. The van der Waals surface area contributed by atoms with Gasteiger partial charge in [0.25, 0.3) is 0 Å². The van der Waals surface area contributed by atoms with Crippen molar-refractivity contribution in [2.75, 3.05) is 19.6 Å². The first-order valence-electron chi connectivity index (χ1n) is 5.01. The molecule has 0 saturated carbocycles. The van der Waals surface area contributed by atoms with E-state index in [1.807, 2.05) is 0 Å². The number of halogens is 3. The molecule has 88 valence electrons. The second kappa shape index (κ2) is 5.34. The highest BCUT2D eigenvalue weighted by Crippen LogP contribution is 2.23. The molecule has 1 aliphatic rings. The molecule has 1 amide bonds. The zero-order valence-corrected chi connectivity index (χ0v) is 8.39. The number of nitrogens with zero attached hydrogens (tertiary/aromatic N) is 1. The first-order valence-corrected chi connectivity index (χ1v) is 5.01. The Morgan fingerprint density at radius 1 is 1.40 bits per heavy atom. The van der Waals surface area contributed by atoms with Crippen molar-refractivity contribution in [3.05, 3.63) is 0 Å². The molecule has 1 fully saturated rings. The van der Waals surface area contributed by atoms with E-state index in [4.69, 9.17) is 0 Å². The van der Waals surface area contributed by atoms with Gasteiger partial charge in [-0.1, -0.05) is 6.42 Å². The number of rotatable bonds is 4. The lowest BCUT2D eigenvalue weighted by molar-refractivity contribution is -0.153. The van der Waals surface area contributed by atoms with E-state index in [2.05, 4.69) is 5.32 Å². The molecule has 0 spiro atoms. The number of piperidine rings is 1. The maximum atomic E-state index is 12.2. The summed E-state index contributed by atoms with van der Waals surface area (Å²) >= 11 is 0. The van der Waals surface area contributed by atoms with E-state index in [0.29, 0.717) is 19.5 Å². The molecule has 1 aliphatic heterocycles. The van der Waals surface area contributed by atoms with E-state index in [0.717, 1.165) is 19.3 Å². The summed E-state index contributed by atoms with van der Waals surface area (Å²) in [5.41, 5.74) is 0. The fraction of sp³-hybridized carbons (Fsp3) is 0.889. The van der Waals surface area contributed by atoms with Crippen LogP contribution in [-0.2, 0) is 4.79 Å². The van der Waals surface area contributed by atoms with E-state index in [1.54, 1.807) is 0 Å². The second-order valence-electron chi connectivity index (χ2n) is 3.76. The third kappa shape index (κ3) is 4.51. The Labute approximate surface area is 86.6 Å². The lowest BCUT2D eigenvalue weighted by Gasteiger charge is -2.35.